The minimum atomic E-state index is -3.59. The highest BCUT2D eigenvalue weighted by Gasteiger charge is 2.35. The van der Waals surface area contributed by atoms with Gasteiger partial charge < -0.3 is 9.30 Å². The van der Waals surface area contributed by atoms with Gasteiger partial charge in [-0.1, -0.05) is 13.3 Å². The standard InChI is InChI=1S/C15H24N2O4S/c1-5-12-8-6-7-9-17(12)22(19,20)14-10-13(15(18)21-4)16(3)11(14)2/h10,12H,5-9H2,1-4H3. The zero-order valence-electron chi connectivity index (χ0n) is 13.6. The number of nitrogens with zero attached hydrogens (tertiary/aromatic N) is 2. The van der Waals surface area contributed by atoms with Crippen LogP contribution in [0, 0.1) is 6.92 Å². The molecule has 0 radical (unpaired) electrons. The molecule has 1 aromatic heterocycles. The van der Waals surface area contributed by atoms with E-state index in [9.17, 15) is 13.2 Å². The van der Waals surface area contributed by atoms with Crippen LogP contribution < -0.4 is 0 Å². The van der Waals surface area contributed by atoms with E-state index in [0.717, 1.165) is 25.7 Å². The molecule has 1 aliphatic rings. The first-order chi connectivity index (χ1) is 10.3. The number of rotatable bonds is 4. The van der Waals surface area contributed by atoms with Crippen LogP contribution in [0.1, 0.15) is 48.8 Å². The normalized spacial score (nSPS) is 20.1. The maximum atomic E-state index is 13.0. The molecule has 7 heteroatoms. The van der Waals surface area contributed by atoms with E-state index in [1.807, 2.05) is 6.92 Å². The molecule has 0 aromatic carbocycles. The summed E-state index contributed by atoms with van der Waals surface area (Å²) in [4.78, 5) is 12.0. The Balaban J connectivity index is 2.47. The second-order valence-corrected chi connectivity index (χ2v) is 7.56. The van der Waals surface area contributed by atoms with Gasteiger partial charge >= 0.3 is 5.97 Å². The molecule has 1 atom stereocenters. The second kappa shape index (κ2) is 6.42. The number of methoxy groups -OCH3 is 1. The highest BCUT2D eigenvalue weighted by atomic mass is 32.2. The molecule has 6 nitrogen and oxygen atoms in total. The van der Waals surface area contributed by atoms with Crippen molar-refractivity contribution in [3.8, 4) is 0 Å². The molecular formula is C15H24N2O4S. The lowest BCUT2D eigenvalue weighted by atomic mass is 10.0. The molecule has 0 aliphatic carbocycles. The Morgan fingerprint density at radius 2 is 2.09 bits per heavy atom. The number of carbonyl (C=O) groups is 1. The molecular weight excluding hydrogens is 304 g/mol. The summed E-state index contributed by atoms with van der Waals surface area (Å²) in [7, 11) is -0.630. The average molecular weight is 328 g/mol. The van der Waals surface area contributed by atoms with E-state index in [1.54, 1.807) is 22.8 Å². The van der Waals surface area contributed by atoms with E-state index in [2.05, 4.69) is 0 Å². The fraction of sp³-hybridized carbons (Fsp3) is 0.667. The smallest absolute Gasteiger partial charge is 0.354 e. The minimum Gasteiger partial charge on any atom is -0.464 e. The van der Waals surface area contributed by atoms with Gasteiger partial charge in [-0.15, -0.1) is 0 Å². The van der Waals surface area contributed by atoms with Crippen LogP contribution >= 0.6 is 0 Å². The first-order valence-electron chi connectivity index (χ1n) is 7.61. The lowest BCUT2D eigenvalue weighted by molar-refractivity contribution is 0.0589. The third-order valence-corrected chi connectivity index (χ3v) is 6.58. The maximum absolute atomic E-state index is 13.0. The Morgan fingerprint density at radius 1 is 1.41 bits per heavy atom. The van der Waals surface area contributed by atoms with E-state index in [4.69, 9.17) is 4.74 Å². The summed E-state index contributed by atoms with van der Waals surface area (Å²) < 4.78 is 33.9. The van der Waals surface area contributed by atoms with Crippen LogP contribution in [-0.2, 0) is 21.8 Å². The van der Waals surface area contributed by atoms with E-state index in [1.165, 1.54) is 13.2 Å². The van der Waals surface area contributed by atoms with Crippen LogP contribution in [0.3, 0.4) is 0 Å². The van der Waals surface area contributed by atoms with Crippen LogP contribution in [0.5, 0.6) is 0 Å². The van der Waals surface area contributed by atoms with Crippen molar-refractivity contribution in [2.45, 2.75) is 50.5 Å². The quantitative estimate of drug-likeness (QED) is 0.794. The molecule has 1 aliphatic heterocycles. The fourth-order valence-corrected chi connectivity index (χ4v) is 5.10. The number of aromatic nitrogens is 1. The van der Waals surface area contributed by atoms with Crippen LogP contribution in [-0.4, -0.2) is 43.0 Å². The molecule has 0 spiro atoms. The number of ether oxygens (including phenoxy) is 1. The number of esters is 1. The second-order valence-electron chi connectivity index (χ2n) is 5.70. The highest BCUT2D eigenvalue weighted by Crippen LogP contribution is 2.30. The van der Waals surface area contributed by atoms with Crippen molar-refractivity contribution in [1.29, 1.82) is 0 Å². The number of carbonyl (C=O) groups excluding carboxylic acids is 1. The molecule has 2 rings (SSSR count). The van der Waals surface area contributed by atoms with Crippen molar-refractivity contribution < 1.29 is 17.9 Å². The molecule has 2 heterocycles. The number of hydrogen-bond donors (Lipinski definition) is 0. The number of hydrogen-bond acceptors (Lipinski definition) is 4. The van der Waals surface area contributed by atoms with Crippen molar-refractivity contribution in [1.82, 2.24) is 8.87 Å². The molecule has 124 valence electrons. The van der Waals surface area contributed by atoms with E-state index >= 15 is 0 Å². The average Bonchev–Trinajstić information content (AvgIpc) is 2.83. The lowest BCUT2D eigenvalue weighted by Crippen LogP contribution is -2.43. The molecule has 1 saturated heterocycles. The Morgan fingerprint density at radius 3 is 2.68 bits per heavy atom. The summed E-state index contributed by atoms with van der Waals surface area (Å²) in [6, 6.07) is 1.47. The van der Waals surface area contributed by atoms with Gasteiger partial charge in [-0.3, -0.25) is 0 Å². The highest BCUT2D eigenvalue weighted by molar-refractivity contribution is 7.89. The summed E-state index contributed by atoms with van der Waals surface area (Å²) in [6.07, 6.45) is 3.64. The summed E-state index contributed by atoms with van der Waals surface area (Å²) in [5, 5.41) is 0. The minimum absolute atomic E-state index is 0.0416. The molecule has 1 fully saturated rings. The summed E-state index contributed by atoms with van der Waals surface area (Å²) in [5.74, 6) is -0.530. The van der Waals surface area contributed by atoms with Gasteiger partial charge in [0.25, 0.3) is 0 Å². The molecule has 22 heavy (non-hydrogen) atoms. The van der Waals surface area contributed by atoms with Crippen LogP contribution in [0.2, 0.25) is 0 Å². The molecule has 1 unspecified atom stereocenters. The van der Waals surface area contributed by atoms with Crippen LogP contribution in [0.25, 0.3) is 0 Å². The van der Waals surface area contributed by atoms with Gasteiger partial charge in [-0.25, -0.2) is 13.2 Å². The topological polar surface area (TPSA) is 68.6 Å². The Hall–Kier alpha value is -1.34. The SMILES string of the molecule is CCC1CCCCN1S(=O)(=O)c1cc(C(=O)OC)n(C)c1C. The van der Waals surface area contributed by atoms with Gasteiger partial charge in [0.2, 0.25) is 10.0 Å². The third kappa shape index (κ3) is 2.79. The van der Waals surface area contributed by atoms with Crippen LogP contribution in [0.15, 0.2) is 11.0 Å². The maximum Gasteiger partial charge on any atom is 0.354 e. The zero-order chi connectivity index (χ0) is 16.5. The first kappa shape index (κ1) is 17.0. The lowest BCUT2D eigenvalue weighted by Gasteiger charge is -2.34. The molecule has 0 saturated carbocycles. The van der Waals surface area contributed by atoms with Gasteiger partial charge in [-0.2, -0.15) is 4.31 Å². The predicted molar refractivity (Wildman–Crippen MR) is 83.3 cm³/mol. The van der Waals surface area contributed by atoms with Crippen molar-refractivity contribution in [3.05, 3.63) is 17.5 Å². The van der Waals surface area contributed by atoms with Gasteiger partial charge in [0.15, 0.2) is 0 Å². The van der Waals surface area contributed by atoms with E-state index < -0.39 is 16.0 Å². The Kier molecular flexibility index (Phi) is 4.97. The summed E-state index contributed by atoms with van der Waals surface area (Å²) in [5.41, 5.74) is 0.810. The largest absolute Gasteiger partial charge is 0.464 e. The van der Waals surface area contributed by atoms with E-state index in [-0.39, 0.29) is 16.6 Å². The van der Waals surface area contributed by atoms with Gasteiger partial charge in [0, 0.05) is 25.3 Å². The Bertz CT molecular complexity index is 663. The van der Waals surface area contributed by atoms with E-state index in [0.29, 0.717) is 12.2 Å². The number of piperidine rings is 1. The van der Waals surface area contributed by atoms with Crippen molar-refractivity contribution in [2.24, 2.45) is 7.05 Å². The zero-order valence-corrected chi connectivity index (χ0v) is 14.4. The van der Waals surface area contributed by atoms with Gasteiger partial charge in [0.05, 0.1) is 7.11 Å². The predicted octanol–water partition coefficient (Wildman–Crippen LogP) is 2.07. The van der Waals surface area contributed by atoms with Crippen molar-refractivity contribution in [3.63, 3.8) is 0 Å². The third-order valence-electron chi connectivity index (χ3n) is 4.51. The van der Waals surface area contributed by atoms with Gasteiger partial charge in [-0.05, 0) is 32.3 Å². The molecule has 0 N–H and O–H groups in total. The Labute approximate surface area is 132 Å². The van der Waals surface area contributed by atoms with Crippen molar-refractivity contribution in [2.75, 3.05) is 13.7 Å². The van der Waals surface area contributed by atoms with Gasteiger partial charge in [0.1, 0.15) is 10.6 Å². The first-order valence-corrected chi connectivity index (χ1v) is 9.05. The molecule has 0 bridgehead atoms. The molecule has 0 amide bonds. The monoisotopic (exact) mass is 328 g/mol. The van der Waals surface area contributed by atoms with Crippen molar-refractivity contribution >= 4 is 16.0 Å². The fourth-order valence-electron chi connectivity index (χ4n) is 3.06. The van der Waals surface area contributed by atoms with Crippen LogP contribution in [0.4, 0.5) is 0 Å². The summed E-state index contributed by atoms with van der Waals surface area (Å²) in [6.45, 7) is 4.27. The molecule has 1 aromatic rings. The number of sulfonamides is 1. The summed E-state index contributed by atoms with van der Waals surface area (Å²) >= 11 is 0.